The van der Waals surface area contributed by atoms with Crippen LogP contribution in [0, 0.1) is 6.92 Å². The van der Waals surface area contributed by atoms with Crippen LogP contribution in [0.15, 0.2) is 18.2 Å². The number of hydrogen-bond acceptors (Lipinski definition) is 5. The van der Waals surface area contributed by atoms with E-state index in [4.69, 9.17) is 16.3 Å². The molecule has 2 heterocycles. The fourth-order valence-corrected chi connectivity index (χ4v) is 4.10. The number of ether oxygens (including phenoxy) is 1. The van der Waals surface area contributed by atoms with Crippen LogP contribution in [0.3, 0.4) is 0 Å². The molecule has 0 spiro atoms. The fraction of sp³-hybridized carbons (Fsp3) is 0.522. The number of carbonyl (C=O) groups is 1. The van der Waals surface area contributed by atoms with Gasteiger partial charge in [-0.3, -0.25) is 4.79 Å². The standard InChI is InChI=1S/C23H28ClF3N4O2/c1-4-18-19(5-6-20(32)31-7-9-33-10-8-31)29-22(24)30-21(18)28-15(3)16-11-14(2)12-17(13-16)23(25,26)27/h11-13,15H,4-10H2,1-3H3,(H,28,29,30). The number of nitrogens with one attached hydrogen (secondary N) is 1. The van der Waals surface area contributed by atoms with Crippen LogP contribution in [-0.4, -0.2) is 47.1 Å². The fourth-order valence-electron chi connectivity index (χ4n) is 3.91. The highest BCUT2D eigenvalue weighted by molar-refractivity contribution is 6.28. The van der Waals surface area contributed by atoms with Crippen LogP contribution in [0.2, 0.25) is 5.28 Å². The molecule has 1 saturated heterocycles. The number of aryl methyl sites for hydroxylation is 2. The van der Waals surface area contributed by atoms with E-state index < -0.39 is 17.8 Å². The SMILES string of the molecule is CCc1c(CCC(=O)N2CCOCC2)nc(Cl)nc1NC(C)c1cc(C)cc(C(F)(F)F)c1. The van der Waals surface area contributed by atoms with Crippen molar-refractivity contribution in [1.82, 2.24) is 14.9 Å². The van der Waals surface area contributed by atoms with Crippen molar-refractivity contribution in [1.29, 1.82) is 0 Å². The highest BCUT2D eigenvalue weighted by Crippen LogP contribution is 2.33. The zero-order valence-corrected chi connectivity index (χ0v) is 19.7. The molecule has 1 aromatic carbocycles. The summed E-state index contributed by atoms with van der Waals surface area (Å²) < 4.78 is 45.0. The quantitative estimate of drug-likeness (QED) is 0.561. The molecular weight excluding hydrogens is 457 g/mol. The Hall–Kier alpha value is -2.39. The molecule has 0 bridgehead atoms. The lowest BCUT2D eigenvalue weighted by atomic mass is 10.0. The number of amides is 1. The summed E-state index contributed by atoms with van der Waals surface area (Å²) in [6.07, 6.45) is -3.17. The zero-order chi connectivity index (χ0) is 24.2. The Labute approximate surface area is 196 Å². The second-order valence-corrected chi connectivity index (χ2v) is 8.45. The van der Waals surface area contributed by atoms with Gasteiger partial charge < -0.3 is 15.0 Å². The molecule has 1 amide bonds. The molecule has 1 unspecified atom stereocenters. The minimum absolute atomic E-state index is 0.0240. The Morgan fingerprint density at radius 1 is 1.24 bits per heavy atom. The summed E-state index contributed by atoms with van der Waals surface area (Å²) in [5.74, 6) is 0.492. The van der Waals surface area contributed by atoms with Crippen molar-refractivity contribution in [2.75, 3.05) is 31.6 Å². The number of benzene rings is 1. The minimum atomic E-state index is -4.42. The normalized spacial score (nSPS) is 15.4. The highest BCUT2D eigenvalue weighted by atomic mass is 35.5. The lowest BCUT2D eigenvalue weighted by Gasteiger charge is -2.27. The number of rotatable bonds is 7. The second kappa shape index (κ2) is 10.7. The summed E-state index contributed by atoms with van der Waals surface area (Å²) in [4.78, 5) is 22.9. The summed E-state index contributed by atoms with van der Waals surface area (Å²) in [7, 11) is 0. The van der Waals surface area contributed by atoms with Gasteiger partial charge in [-0.15, -0.1) is 0 Å². The van der Waals surface area contributed by atoms with Crippen LogP contribution in [-0.2, 0) is 28.5 Å². The molecule has 0 radical (unpaired) electrons. The molecule has 1 N–H and O–H groups in total. The first-order chi connectivity index (χ1) is 15.6. The van der Waals surface area contributed by atoms with Gasteiger partial charge in [-0.1, -0.05) is 18.6 Å². The molecule has 1 aliphatic rings. The van der Waals surface area contributed by atoms with Gasteiger partial charge in [-0.2, -0.15) is 13.2 Å². The topological polar surface area (TPSA) is 67.4 Å². The molecule has 10 heteroatoms. The smallest absolute Gasteiger partial charge is 0.378 e. The third kappa shape index (κ3) is 6.57. The maximum Gasteiger partial charge on any atom is 0.416 e. The summed E-state index contributed by atoms with van der Waals surface area (Å²) in [6.45, 7) is 7.55. The molecule has 0 saturated carbocycles. The van der Waals surface area contributed by atoms with Crippen molar-refractivity contribution in [2.24, 2.45) is 0 Å². The van der Waals surface area contributed by atoms with Crippen molar-refractivity contribution in [3.8, 4) is 0 Å². The van der Waals surface area contributed by atoms with Gasteiger partial charge in [0.25, 0.3) is 0 Å². The second-order valence-electron chi connectivity index (χ2n) is 8.11. The molecule has 2 aromatic rings. The molecule has 1 aliphatic heterocycles. The Bertz CT molecular complexity index is 994. The number of aromatic nitrogens is 2. The molecule has 3 rings (SSSR count). The number of morpholine rings is 1. The Morgan fingerprint density at radius 3 is 2.58 bits per heavy atom. The van der Waals surface area contributed by atoms with Crippen molar-refractivity contribution >= 4 is 23.3 Å². The maximum absolute atomic E-state index is 13.3. The first kappa shape index (κ1) is 25.2. The molecule has 1 aromatic heterocycles. The number of halogens is 4. The van der Waals surface area contributed by atoms with E-state index in [0.29, 0.717) is 61.8 Å². The number of anilines is 1. The van der Waals surface area contributed by atoms with Crippen LogP contribution in [0.4, 0.5) is 19.0 Å². The van der Waals surface area contributed by atoms with Crippen molar-refractivity contribution in [3.05, 3.63) is 51.4 Å². The molecule has 1 fully saturated rings. The van der Waals surface area contributed by atoms with E-state index in [1.165, 1.54) is 0 Å². The number of alkyl halides is 3. The summed E-state index contributed by atoms with van der Waals surface area (Å²) >= 11 is 6.16. The third-order valence-electron chi connectivity index (χ3n) is 5.64. The molecule has 1 atom stereocenters. The zero-order valence-electron chi connectivity index (χ0n) is 18.9. The molecule has 0 aliphatic carbocycles. The number of hydrogen-bond donors (Lipinski definition) is 1. The van der Waals surface area contributed by atoms with Crippen LogP contribution < -0.4 is 5.32 Å². The van der Waals surface area contributed by atoms with Crippen LogP contribution in [0.5, 0.6) is 0 Å². The first-order valence-corrected chi connectivity index (χ1v) is 11.3. The Balaban J connectivity index is 1.80. The van der Waals surface area contributed by atoms with Crippen LogP contribution in [0.25, 0.3) is 0 Å². The molecule has 6 nitrogen and oxygen atoms in total. The van der Waals surface area contributed by atoms with E-state index in [2.05, 4.69) is 15.3 Å². The predicted molar refractivity (Wildman–Crippen MR) is 120 cm³/mol. The number of nitrogens with zero attached hydrogens (tertiary/aromatic N) is 3. The molecule has 180 valence electrons. The van der Waals surface area contributed by atoms with Gasteiger partial charge in [0.05, 0.1) is 24.5 Å². The number of carbonyl (C=O) groups excluding carboxylic acids is 1. The first-order valence-electron chi connectivity index (χ1n) is 10.9. The van der Waals surface area contributed by atoms with E-state index in [-0.39, 0.29) is 17.6 Å². The van der Waals surface area contributed by atoms with Gasteiger partial charge in [-0.05, 0) is 56.0 Å². The van der Waals surface area contributed by atoms with E-state index in [1.807, 2.05) is 6.92 Å². The average Bonchev–Trinajstić information content (AvgIpc) is 2.76. The summed E-state index contributed by atoms with van der Waals surface area (Å²) in [5, 5.41) is 3.23. The largest absolute Gasteiger partial charge is 0.416 e. The average molecular weight is 485 g/mol. The van der Waals surface area contributed by atoms with Gasteiger partial charge in [0.2, 0.25) is 11.2 Å². The lowest BCUT2D eigenvalue weighted by Crippen LogP contribution is -2.40. The van der Waals surface area contributed by atoms with Gasteiger partial charge in [0, 0.05) is 31.1 Å². The van der Waals surface area contributed by atoms with Crippen LogP contribution >= 0.6 is 11.6 Å². The van der Waals surface area contributed by atoms with E-state index >= 15 is 0 Å². The van der Waals surface area contributed by atoms with Crippen molar-refractivity contribution in [3.63, 3.8) is 0 Å². The predicted octanol–water partition coefficient (Wildman–Crippen LogP) is 4.98. The van der Waals surface area contributed by atoms with Gasteiger partial charge in [-0.25, -0.2) is 9.97 Å². The van der Waals surface area contributed by atoms with Crippen LogP contribution in [0.1, 0.15) is 54.3 Å². The van der Waals surface area contributed by atoms with Gasteiger partial charge in [0.15, 0.2) is 0 Å². The monoisotopic (exact) mass is 484 g/mol. The molecular formula is C23H28ClF3N4O2. The lowest BCUT2D eigenvalue weighted by molar-refractivity contribution is -0.137. The summed E-state index contributed by atoms with van der Waals surface area (Å²) in [6, 6.07) is 3.52. The van der Waals surface area contributed by atoms with Gasteiger partial charge in [0.1, 0.15) is 5.82 Å². The summed E-state index contributed by atoms with van der Waals surface area (Å²) in [5.41, 5.74) is 1.78. The minimum Gasteiger partial charge on any atom is -0.378 e. The third-order valence-corrected chi connectivity index (χ3v) is 5.81. The Morgan fingerprint density at radius 2 is 1.94 bits per heavy atom. The van der Waals surface area contributed by atoms with Gasteiger partial charge >= 0.3 is 6.18 Å². The van der Waals surface area contributed by atoms with E-state index in [1.54, 1.807) is 24.8 Å². The highest BCUT2D eigenvalue weighted by Gasteiger charge is 2.31. The van der Waals surface area contributed by atoms with Crippen molar-refractivity contribution < 1.29 is 22.7 Å². The van der Waals surface area contributed by atoms with E-state index in [0.717, 1.165) is 17.7 Å². The van der Waals surface area contributed by atoms with E-state index in [9.17, 15) is 18.0 Å². The molecule has 33 heavy (non-hydrogen) atoms. The maximum atomic E-state index is 13.3. The van der Waals surface area contributed by atoms with Crippen molar-refractivity contribution in [2.45, 2.75) is 52.3 Å². The Kier molecular flexibility index (Phi) is 8.18.